The molecule has 1 nitrogen and oxygen atoms in total. The van der Waals surface area contributed by atoms with Gasteiger partial charge in [-0.3, -0.25) is 0 Å². The largest absolute Gasteiger partial charge is 0.325 e. The average molecular weight is 155 g/mol. The number of nitrogens with two attached hydrogens (primary N) is 1. The average Bonchev–Trinajstić information content (AvgIpc) is 1.52. The highest BCUT2D eigenvalue weighted by Gasteiger charge is 2.46. The molecule has 0 heterocycles. The van der Waals surface area contributed by atoms with E-state index in [1.54, 1.807) is 0 Å². The molecule has 1 saturated carbocycles. The first kappa shape index (κ1) is 9.05. The van der Waals surface area contributed by atoms with Crippen molar-refractivity contribution in [3.8, 4) is 0 Å². The zero-order valence-corrected chi connectivity index (χ0v) is 8.28. The van der Waals surface area contributed by atoms with Crippen molar-refractivity contribution < 1.29 is 0 Å². The van der Waals surface area contributed by atoms with E-state index in [4.69, 9.17) is 5.73 Å². The van der Waals surface area contributed by atoms with Crippen LogP contribution in [0.2, 0.25) is 0 Å². The summed E-state index contributed by atoms with van der Waals surface area (Å²) in [6.45, 7) is 9.11. The third-order valence-electron chi connectivity index (χ3n) is 2.48. The molecule has 0 atom stereocenters. The van der Waals surface area contributed by atoms with E-state index in [-0.39, 0.29) is 5.54 Å². The van der Waals surface area contributed by atoms with Crippen LogP contribution in [0.25, 0.3) is 0 Å². The highest BCUT2D eigenvalue weighted by Crippen LogP contribution is 2.48. The minimum absolute atomic E-state index is 0.178. The lowest BCUT2D eigenvalue weighted by Crippen LogP contribution is -2.56. The van der Waals surface area contributed by atoms with E-state index in [1.165, 1.54) is 19.3 Å². The monoisotopic (exact) mass is 155 g/mol. The van der Waals surface area contributed by atoms with Gasteiger partial charge in [0.05, 0.1) is 0 Å². The number of hydrogen-bond acceptors (Lipinski definition) is 1. The Bertz CT molecular complexity index is 133. The van der Waals surface area contributed by atoms with Crippen LogP contribution in [0.1, 0.15) is 47.0 Å². The van der Waals surface area contributed by atoms with Gasteiger partial charge in [-0.1, -0.05) is 27.7 Å². The Hall–Kier alpha value is -0.0400. The third-order valence-corrected chi connectivity index (χ3v) is 2.48. The molecule has 0 unspecified atom stereocenters. The van der Waals surface area contributed by atoms with Crippen LogP contribution < -0.4 is 5.73 Å². The zero-order valence-electron chi connectivity index (χ0n) is 8.28. The zero-order chi connectivity index (χ0) is 8.70. The molecule has 1 aliphatic carbocycles. The summed E-state index contributed by atoms with van der Waals surface area (Å²) in [6.07, 6.45) is 3.60. The van der Waals surface area contributed by atoms with Gasteiger partial charge in [0, 0.05) is 5.54 Å². The van der Waals surface area contributed by atoms with E-state index < -0.39 is 0 Å². The lowest BCUT2D eigenvalue weighted by molar-refractivity contribution is 0.0474. The minimum atomic E-state index is 0.178. The Morgan fingerprint density at radius 2 is 1.73 bits per heavy atom. The maximum atomic E-state index is 6.18. The van der Waals surface area contributed by atoms with E-state index in [9.17, 15) is 0 Å². The molecule has 2 N–H and O–H groups in total. The lowest BCUT2D eigenvalue weighted by Gasteiger charge is -2.52. The van der Waals surface area contributed by atoms with Crippen molar-refractivity contribution in [3.63, 3.8) is 0 Å². The molecule has 1 aliphatic rings. The van der Waals surface area contributed by atoms with Crippen LogP contribution in [-0.4, -0.2) is 5.54 Å². The van der Waals surface area contributed by atoms with Crippen molar-refractivity contribution in [1.29, 1.82) is 0 Å². The molecule has 1 fully saturated rings. The Morgan fingerprint density at radius 1 is 1.27 bits per heavy atom. The fourth-order valence-corrected chi connectivity index (χ4v) is 2.81. The van der Waals surface area contributed by atoms with Crippen LogP contribution in [0.15, 0.2) is 0 Å². The molecule has 0 radical (unpaired) electrons. The van der Waals surface area contributed by atoms with Gasteiger partial charge in [0.2, 0.25) is 0 Å². The van der Waals surface area contributed by atoms with Crippen LogP contribution in [0.3, 0.4) is 0 Å². The molecule has 0 amide bonds. The second kappa shape index (κ2) is 2.48. The third kappa shape index (κ3) is 2.19. The van der Waals surface area contributed by atoms with Gasteiger partial charge in [-0.25, -0.2) is 0 Å². The predicted octanol–water partition coefficient (Wildman–Crippen LogP) is 2.55. The van der Waals surface area contributed by atoms with E-state index >= 15 is 0 Å². The summed E-state index contributed by atoms with van der Waals surface area (Å²) in [5, 5.41) is 0. The molecule has 1 heteroatoms. The highest BCUT2D eigenvalue weighted by atomic mass is 14.8. The van der Waals surface area contributed by atoms with Crippen LogP contribution in [0, 0.1) is 11.3 Å². The van der Waals surface area contributed by atoms with Crippen LogP contribution in [0.5, 0.6) is 0 Å². The summed E-state index contributed by atoms with van der Waals surface area (Å²) in [4.78, 5) is 0. The molecule has 0 bridgehead atoms. The molecule has 0 aliphatic heterocycles. The molecule has 66 valence electrons. The van der Waals surface area contributed by atoms with Crippen LogP contribution >= 0.6 is 0 Å². The summed E-state index contributed by atoms with van der Waals surface area (Å²) in [6, 6.07) is 0. The van der Waals surface area contributed by atoms with Gasteiger partial charge in [0.15, 0.2) is 0 Å². The highest BCUT2D eigenvalue weighted by molar-refractivity contribution is 5.03. The maximum absolute atomic E-state index is 6.18. The summed E-state index contributed by atoms with van der Waals surface area (Å²) < 4.78 is 0. The second-order valence-corrected chi connectivity index (χ2v) is 5.48. The van der Waals surface area contributed by atoms with Crippen molar-refractivity contribution >= 4 is 0 Å². The van der Waals surface area contributed by atoms with Gasteiger partial charge in [-0.05, 0) is 30.6 Å². The fraction of sp³-hybridized carbons (Fsp3) is 1.00. The van der Waals surface area contributed by atoms with Crippen molar-refractivity contribution in [3.05, 3.63) is 0 Å². The predicted molar refractivity (Wildman–Crippen MR) is 49.4 cm³/mol. The van der Waals surface area contributed by atoms with Gasteiger partial charge in [-0.2, -0.15) is 0 Å². The quantitative estimate of drug-likeness (QED) is 0.651. The summed E-state index contributed by atoms with van der Waals surface area (Å²) >= 11 is 0. The molecular formula is C10H21N. The smallest absolute Gasteiger partial charge is 0.0167 e. The molecular weight excluding hydrogens is 134 g/mol. The Balaban J connectivity index is 2.37. The van der Waals surface area contributed by atoms with Crippen LogP contribution in [-0.2, 0) is 0 Å². The second-order valence-electron chi connectivity index (χ2n) is 5.48. The maximum Gasteiger partial charge on any atom is 0.0167 e. The first-order valence-corrected chi connectivity index (χ1v) is 4.62. The standard InChI is InChI=1S/C10H21N/c1-8(2)5-10(11)6-9(3,4)7-10/h8H,5-7,11H2,1-4H3. The fourth-order valence-electron chi connectivity index (χ4n) is 2.81. The van der Waals surface area contributed by atoms with E-state index in [1.807, 2.05) is 0 Å². The molecule has 0 aromatic carbocycles. The molecule has 0 spiro atoms. The summed E-state index contributed by atoms with van der Waals surface area (Å²) in [5.41, 5.74) is 6.88. The Morgan fingerprint density at radius 3 is 2.00 bits per heavy atom. The van der Waals surface area contributed by atoms with E-state index in [2.05, 4.69) is 27.7 Å². The molecule has 0 aromatic heterocycles. The molecule has 1 rings (SSSR count). The molecule has 0 saturated heterocycles. The van der Waals surface area contributed by atoms with Crippen molar-refractivity contribution in [2.24, 2.45) is 17.1 Å². The minimum Gasteiger partial charge on any atom is -0.325 e. The Kier molecular flexibility index (Phi) is 2.04. The normalized spacial score (nSPS) is 26.7. The topological polar surface area (TPSA) is 26.0 Å². The first-order valence-electron chi connectivity index (χ1n) is 4.62. The summed E-state index contributed by atoms with van der Waals surface area (Å²) in [5.74, 6) is 0.746. The SMILES string of the molecule is CC(C)CC1(N)CC(C)(C)C1. The van der Waals surface area contributed by atoms with E-state index in [0.717, 1.165) is 5.92 Å². The van der Waals surface area contributed by atoms with Crippen molar-refractivity contribution in [2.45, 2.75) is 52.5 Å². The van der Waals surface area contributed by atoms with E-state index in [0.29, 0.717) is 5.41 Å². The summed E-state index contributed by atoms with van der Waals surface area (Å²) in [7, 11) is 0. The molecule has 0 aromatic rings. The van der Waals surface area contributed by atoms with Gasteiger partial charge in [0.1, 0.15) is 0 Å². The molecule has 11 heavy (non-hydrogen) atoms. The van der Waals surface area contributed by atoms with Gasteiger partial charge < -0.3 is 5.73 Å². The lowest BCUT2D eigenvalue weighted by atomic mass is 9.57. The van der Waals surface area contributed by atoms with Gasteiger partial charge >= 0.3 is 0 Å². The Labute approximate surface area is 70.4 Å². The van der Waals surface area contributed by atoms with Gasteiger partial charge in [0.25, 0.3) is 0 Å². The number of hydrogen-bond donors (Lipinski definition) is 1. The number of rotatable bonds is 2. The van der Waals surface area contributed by atoms with Crippen molar-refractivity contribution in [1.82, 2.24) is 0 Å². The van der Waals surface area contributed by atoms with Gasteiger partial charge in [-0.15, -0.1) is 0 Å². The first-order chi connectivity index (χ1) is 4.83. The van der Waals surface area contributed by atoms with Crippen LogP contribution in [0.4, 0.5) is 0 Å². The van der Waals surface area contributed by atoms with Crippen molar-refractivity contribution in [2.75, 3.05) is 0 Å².